The molecule has 7 nitrogen and oxygen atoms in total. The molecule has 0 radical (unpaired) electrons. The number of carbonyl (C=O) groups is 2. The molecule has 1 atom stereocenters. The van der Waals surface area contributed by atoms with Crippen LogP contribution in [0, 0.1) is 5.92 Å². The van der Waals surface area contributed by atoms with Gasteiger partial charge in [-0.1, -0.05) is 6.92 Å². The lowest BCUT2D eigenvalue weighted by Gasteiger charge is -2.16. The highest BCUT2D eigenvalue weighted by atomic mass is 32.1. The summed E-state index contributed by atoms with van der Waals surface area (Å²) in [5.74, 6) is 0.549. The van der Waals surface area contributed by atoms with Crippen molar-refractivity contribution in [3.63, 3.8) is 0 Å². The van der Waals surface area contributed by atoms with Gasteiger partial charge >= 0.3 is 0 Å². The first kappa shape index (κ1) is 17.4. The van der Waals surface area contributed by atoms with Gasteiger partial charge in [0.25, 0.3) is 11.8 Å². The van der Waals surface area contributed by atoms with E-state index < -0.39 is 5.91 Å². The van der Waals surface area contributed by atoms with Crippen LogP contribution in [0.2, 0.25) is 0 Å². The van der Waals surface area contributed by atoms with Crippen molar-refractivity contribution in [1.29, 1.82) is 0 Å². The van der Waals surface area contributed by atoms with Crippen LogP contribution in [-0.2, 0) is 12.8 Å². The molecule has 1 aliphatic rings. The maximum Gasteiger partial charge on any atom is 0.279 e. The number of pyridine rings is 1. The topological polar surface area (TPSA) is 88.9 Å². The van der Waals surface area contributed by atoms with Crippen molar-refractivity contribution in [3.05, 3.63) is 63.7 Å². The first-order valence-electron chi connectivity index (χ1n) is 8.78. The van der Waals surface area contributed by atoms with Gasteiger partial charge in [-0.05, 0) is 55.0 Å². The molecule has 2 amide bonds. The van der Waals surface area contributed by atoms with Crippen molar-refractivity contribution < 1.29 is 9.59 Å². The number of aromatic nitrogens is 3. The van der Waals surface area contributed by atoms with Gasteiger partial charge in [-0.15, -0.1) is 11.3 Å². The first-order valence-corrected chi connectivity index (χ1v) is 9.60. The first-order chi connectivity index (χ1) is 13.1. The second kappa shape index (κ2) is 7.32. The molecule has 2 N–H and O–H groups in total. The lowest BCUT2D eigenvalue weighted by molar-refractivity contribution is 0.0848. The molecule has 0 aliphatic heterocycles. The van der Waals surface area contributed by atoms with Crippen molar-refractivity contribution in [2.75, 3.05) is 0 Å². The van der Waals surface area contributed by atoms with E-state index in [2.05, 4.69) is 27.9 Å². The fourth-order valence-electron chi connectivity index (χ4n) is 3.13. The van der Waals surface area contributed by atoms with Gasteiger partial charge in [-0.2, -0.15) is 5.10 Å². The fourth-order valence-corrected chi connectivity index (χ4v) is 4.23. The van der Waals surface area contributed by atoms with Crippen LogP contribution >= 0.6 is 11.3 Å². The van der Waals surface area contributed by atoms with Gasteiger partial charge in [0, 0.05) is 23.5 Å². The number of aryl methyl sites for hydroxylation is 1. The van der Waals surface area contributed by atoms with Crippen molar-refractivity contribution in [3.8, 4) is 5.82 Å². The minimum absolute atomic E-state index is 0.295. The number of amides is 2. The predicted molar refractivity (Wildman–Crippen MR) is 102 cm³/mol. The highest BCUT2D eigenvalue weighted by molar-refractivity contribution is 7.14. The minimum atomic E-state index is -0.419. The number of fused-ring (bicyclic) bond motifs is 1. The normalized spacial score (nSPS) is 15.8. The Kier molecular flexibility index (Phi) is 4.72. The van der Waals surface area contributed by atoms with E-state index in [1.165, 1.54) is 28.0 Å². The average molecular weight is 381 g/mol. The van der Waals surface area contributed by atoms with Crippen molar-refractivity contribution in [2.45, 2.75) is 26.2 Å². The van der Waals surface area contributed by atoms with Crippen LogP contribution in [0.25, 0.3) is 5.82 Å². The number of nitrogens with one attached hydrogen (secondary N) is 2. The molecule has 0 saturated heterocycles. The molecule has 8 heteroatoms. The third-order valence-corrected chi connectivity index (χ3v) is 5.83. The molecule has 0 saturated carbocycles. The summed E-state index contributed by atoms with van der Waals surface area (Å²) in [5, 5.41) is 4.08. The van der Waals surface area contributed by atoms with Crippen LogP contribution in [0.1, 0.15) is 43.8 Å². The van der Waals surface area contributed by atoms with Gasteiger partial charge in [-0.3, -0.25) is 20.4 Å². The van der Waals surface area contributed by atoms with Gasteiger partial charge < -0.3 is 0 Å². The Morgan fingerprint density at radius 1 is 1.26 bits per heavy atom. The van der Waals surface area contributed by atoms with E-state index in [0.29, 0.717) is 22.2 Å². The second-order valence-corrected chi connectivity index (χ2v) is 7.81. The lowest BCUT2D eigenvalue weighted by Crippen LogP contribution is -2.41. The second-order valence-electron chi connectivity index (χ2n) is 6.67. The number of hydrazine groups is 1. The molecule has 0 spiro atoms. The summed E-state index contributed by atoms with van der Waals surface area (Å²) in [5.41, 5.74) is 6.54. The van der Waals surface area contributed by atoms with E-state index in [0.717, 1.165) is 19.3 Å². The summed E-state index contributed by atoms with van der Waals surface area (Å²) in [6, 6.07) is 7.06. The van der Waals surface area contributed by atoms with Gasteiger partial charge in [0.2, 0.25) is 0 Å². The Morgan fingerprint density at radius 3 is 2.85 bits per heavy atom. The predicted octanol–water partition coefficient (Wildman–Crippen LogP) is 2.53. The monoisotopic (exact) mass is 381 g/mol. The lowest BCUT2D eigenvalue weighted by atomic mass is 9.90. The van der Waals surface area contributed by atoms with Gasteiger partial charge in [-0.25, -0.2) is 9.67 Å². The third-order valence-electron chi connectivity index (χ3n) is 4.59. The van der Waals surface area contributed by atoms with Crippen LogP contribution in [0.4, 0.5) is 0 Å². The van der Waals surface area contributed by atoms with E-state index in [4.69, 9.17) is 0 Å². The molecule has 0 bridgehead atoms. The van der Waals surface area contributed by atoms with Gasteiger partial charge in [0.05, 0.1) is 10.4 Å². The number of nitrogens with zero attached hydrogens (tertiary/aromatic N) is 3. The molecule has 3 heterocycles. The average Bonchev–Trinajstić information content (AvgIpc) is 3.35. The van der Waals surface area contributed by atoms with Crippen molar-refractivity contribution in [1.82, 2.24) is 25.6 Å². The zero-order chi connectivity index (χ0) is 18.8. The van der Waals surface area contributed by atoms with Crippen molar-refractivity contribution in [2.24, 2.45) is 5.92 Å². The molecule has 3 aromatic heterocycles. The molecule has 3 aromatic rings. The Hall–Kier alpha value is -3.00. The summed E-state index contributed by atoms with van der Waals surface area (Å²) < 4.78 is 1.60. The molecular formula is C19H19N5O2S. The molecule has 1 unspecified atom stereocenters. The molecule has 138 valence electrons. The Bertz CT molecular complexity index is 963. The van der Waals surface area contributed by atoms with Crippen LogP contribution in [0.3, 0.4) is 0 Å². The third kappa shape index (κ3) is 3.75. The van der Waals surface area contributed by atoms with E-state index >= 15 is 0 Å². The smallest absolute Gasteiger partial charge is 0.267 e. The van der Waals surface area contributed by atoms with E-state index in [1.54, 1.807) is 35.3 Å². The summed E-state index contributed by atoms with van der Waals surface area (Å²) >= 11 is 1.51. The summed E-state index contributed by atoms with van der Waals surface area (Å²) in [6.07, 6.45) is 8.07. The van der Waals surface area contributed by atoms with E-state index in [-0.39, 0.29) is 5.91 Å². The standard InChI is InChI=1S/C19H19N5O2S/c1-12-3-5-15-14(9-12)10-16(27-15)19(26)23-22-18(25)13-4-6-17(20-11-13)24-8-2-7-21-24/h2,4,6-8,10-12H,3,5,9H2,1H3,(H,22,25)(H,23,26). The number of hydrogen-bond acceptors (Lipinski definition) is 5. The van der Waals surface area contributed by atoms with Crippen molar-refractivity contribution >= 4 is 23.2 Å². The number of carbonyl (C=O) groups excluding carboxylic acids is 2. The van der Waals surface area contributed by atoms with Gasteiger partial charge in [0.1, 0.15) is 0 Å². The Morgan fingerprint density at radius 2 is 2.11 bits per heavy atom. The van der Waals surface area contributed by atoms with E-state index in [9.17, 15) is 9.59 Å². The fraction of sp³-hybridized carbons (Fsp3) is 0.263. The quantitative estimate of drug-likeness (QED) is 0.683. The summed E-state index contributed by atoms with van der Waals surface area (Å²) in [6.45, 7) is 2.23. The number of rotatable bonds is 3. The molecule has 4 rings (SSSR count). The van der Waals surface area contributed by atoms with Crippen LogP contribution in [0.5, 0.6) is 0 Å². The minimum Gasteiger partial charge on any atom is -0.267 e. The summed E-state index contributed by atoms with van der Waals surface area (Å²) in [4.78, 5) is 30.7. The highest BCUT2D eigenvalue weighted by Gasteiger charge is 2.21. The maximum absolute atomic E-state index is 12.3. The molecule has 0 aromatic carbocycles. The zero-order valence-corrected chi connectivity index (χ0v) is 15.6. The van der Waals surface area contributed by atoms with Crippen LogP contribution < -0.4 is 10.9 Å². The highest BCUT2D eigenvalue weighted by Crippen LogP contribution is 2.32. The largest absolute Gasteiger partial charge is 0.279 e. The van der Waals surface area contributed by atoms with Crippen LogP contribution in [0.15, 0.2) is 42.9 Å². The summed E-state index contributed by atoms with van der Waals surface area (Å²) in [7, 11) is 0. The number of thiophene rings is 1. The van der Waals surface area contributed by atoms with E-state index in [1.807, 2.05) is 6.07 Å². The zero-order valence-electron chi connectivity index (χ0n) is 14.8. The molecular weight excluding hydrogens is 362 g/mol. The number of hydrogen-bond donors (Lipinski definition) is 2. The molecule has 27 heavy (non-hydrogen) atoms. The Balaban J connectivity index is 1.37. The maximum atomic E-state index is 12.3. The SMILES string of the molecule is CC1CCc2sc(C(=O)NNC(=O)c3ccc(-n4cccn4)nc3)cc2C1. The van der Waals surface area contributed by atoms with Crippen LogP contribution in [-0.4, -0.2) is 26.6 Å². The van der Waals surface area contributed by atoms with Gasteiger partial charge in [0.15, 0.2) is 5.82 Å². The Labute approximate surface area is 160 Å². The molecule has 1 aliphatic carbocycles. The molecule has 0 fully saturated rings.